The predicted octanol–water partition coefficient (Wildman–Crippen LogP) is 5.09. The van der Waals surface area contributed by atoms with Gasteiger partial charge in [0.2, 0.25) is 11.8 Å². The van der Waals surface area contributed by atoms with Crippen LogP contribution in [0.3, 0.4) is 0 Å². The minimum Gasteiger partial charge on any atom is -0.326 e. The Hall–Kier alpha value is -3.07. The number of rotatable bonds is 7. The molecule has 0 aliphatic rings. The molecule has 2 N–H and O–H groups in total. The van der Waals surface area contributed by atoms with Crippen molar-refractivity contribution >= 4 is 62.1 Å². The number of carbonyl (C=O) groups excluding carboxylic acids is 2. The molecule has 172 valence electrons. The maximum atomic E-state index is 13.5. The lowest BCUT2D eigenvalue weighted by molar-refractivity contribution is -0.115. The molecule has 0 unspecified atom stereocenters. The number of hydrogen-bond acceptors (Lipinski definition) is 4. The van der Waals surface area contributed by atoms with Crippen molar-refractivity contribution in [2.75, 3.05) is 21.5 Å². The summed E-state index contributed by atoms with van der Waals surface area (Å²) < 4.78 is 27.9. The molecule has 3 aromatic carbocycles. The lowest BCUT2D eigenvalue weighted by Gasteiger charge is -2.25. The highest BCUT2D eigenvalue weighted by Crippen LogP contribution is 2.35. The molecule has 33 heavy (non-hydrogen) atoms. The predicted molar refractivity (Wildman–Crippen MR) is 132 cm³/mol. The van der Waals surface area contributed by atoms with Gasteiger partial charge in [-0.15, -0.1) is 0 Å². The lowest BCUT2D eigenvalue weighted by atomic mass is 10.2. The zero-order chi connectivity index (χ0) is 24.2. The molecule has 7 nitrogen and oxygen atoms in total. The zero-order valence-electron chi connectivity index (χ0n) is 17.8. The molecule has 0 heterocycles. The van der Waals surface area contributed by atoms with Crippen LogP contribution in [-0.4, -0.2) is 26.8 Å². The third-order valence-corrected chi connectivity index (χ3v) is 7.15. The number of benzene rings is 3. The standard InChI is InChI=1S/C23H21Cl2N3O4S/c1-15-9-11-19(12-10-15)33(31,32)28(21-8-4-7-20(24)23(21)25)14-22(30)27-18-6-3-5-17(13-18)26-16(2)29/h3-13H,14H2,1-2H3,(H,26,29)(H,27,30). The third-order valence-electron chi connectivity index (χ3n) is 4.56. The van der Waals surface area contributed by atoms with Crippen LogP contribution in [0.5, 0.6) is 0 Å². The molecule has 0 spiro atoms. The van der Waals surface area contributed by atoms with Gasteiger partial charge in [0.15, 0.2) is 0 Å². The van der Waals surface area contributed by atoms with Crippen molar-refractivity contribution in [3.05, 3.63) is 82.3 Å². The summed E-state index contributed by atoms with van der Waals surface area (Å²) in [6.07, 6.45) is 0. The Bertz CT molecular complexity index is 1300. The summed E-state index contributed by atoms with van der Waals surface area (Å²) >= 11 is 12.4. The van der Waals surface area contributed by atoms with Crippen LogP contribution in [0.4, 0.5) is 17.1 Å². The molecule has 3 rings (SSSR count). The summed E-state index contributed by atoms with van der Waals surface area (Å²) in [5, 5.41) is 5.43. The average Bonchev–Trinajstić information content (AvgIpc) is 2.74. The van der Waals surface area contributed by atoms with Crippen LogP contribution in [0.2, 0.25) is 10.0 Å². The van der Waals surface area contributed by atoms with Crippen LogP contribution in [0.25, 0.3) is 0 Å². The summed E-state index contributed by atoms with van der Waals surface area (Å²) in [7, 11) is -4.15. The van der Waals surface area contributed by atoms with E-state index in [1.54, 1.807) is 42.5 Å². The molecule has 0 saturated carbocycles. The van der Waals surface area contributed by atoms with Gasteiger partial charge in [-0.3, -0.25) is 13.9 Å². The molecule has 3 aromatic rings. The topological polar surface area (TPSA) is 95.6 Å². The Kier molecular flexibility index (Phi) is 7.63. The molecular formula is C23H21Cl2N3O4S. The van der Waals surface area contributed by atoms with E-state index in [-0.39, 0.29) is 26.5 Å². The quantitative estimate of drug-likeness (QED) is 0.467. The molecule has 0 fully saturated rings. The summed E-state index contributed by atoms with van der Waals surface area (Å²) in [6, 6.07) is 17.3. The zero-order valence-corrected chi connectivity index (χ0v) is 20.1. The van der Waals surface area contributed by atoms with Gasteiger partial charge in [-0.05, 0) is 49.4 Å². The first kappa shape index (κ1) is 24.6. The average molecular weight is 506 g/mol. The number of amides is 2. The van der Waals surface area contributed by atoms with Crippen molar-refractivity contribution in [3.8, 4) is 0 Å². The van der Waals surface area contributed by atoms with Gasteiger partial charge in [0.1, 0.15) is 6.54 Å². The normalized spacial score (nSPS) is 11.0. The summed E-state index contributed by atoms with van der Waals surface area (Å²) in [4.78, 5) is 24.2. The van der Waals surface area contributed by atoms with Gasteiger partial charge < -0.3 is 10.6 Å². The number of nitrogens with zero attached hydrogens (tertiary/aromatic N) is 1. The third kappa shape index (κ3) is 6.04. The minimum atomic E-state index is -4.15. The SMILES string of the molecule is CC(=O)Nc1cccc(NC(=O)CN(c2cccc(Cl)c2Cl)S(=O)(=O)c2ccc(C)cc2)c1. The smallest absolute Gasteiger partial charge is 0.264 e. The maximum Gasteiger partial charge on any atom is 0.264 e. The minimum absolute atomic E-state index is 0.00426. The van der Waals surface area contributed by atoms with Crippen LogP contribution in [0.1, 0.15) is 12.5 Å². The fourth-order valence-corrected chi connectivity index (χ4v) is 4.91. The molecule has 0 aliphatic carbocycles. The van der Waals surface area contributed by atoms with Crippen LogP contribution < -0.4 is 14.9 Å². The highest BCUT2D eigenvalue weighted by atomic mass is 35.5. The Morgan fingerprint density at radius 2 is 1.52 bits per heavy atom. The first-order valence-corrected chi connectivity index (χ1v) is 12.0. The number of aryl methyl sites for hydroxylation is 1. The van der Waals surface area contributed by atoms with Gasteiger partial charge in [0, 0.05) is 18.3 Å². The Labute approximate surface area is 202 Å². The molecule has 0 radical (unpaired) electrons. The van der Waals surface area contributed by atoms with Crippen LogP contribution in [-0.2, 0) is 19.6 Å². The number of nitrogens with one attached hydrogen (secondary N) is 2. The summed E-state index contributed by atoms with van der Waals surface area (Å²) in [5.74, 6) is -0.869. The number of anilines is 3. The fourth-order valence-electron chi connectivity index (χ4n) is 3.03. The van der Waals surface area contributed by atoms with Crippen molar-refractivity contribution in [1.29, 1.82) is 0 Å². The Morgan fingerprint density at radius 3 is 2.15 bits per heavy atom. The van der Waals surface area contributed by atoms with Crippen LogP contribution in [0, 0.1) is 6.92 Å². The highest BCUT2D eigenvalue weighted by molar-refractivity contribution is 7.92. The van der Waals surface area contributed by atoms with E-state index in [1.807, 2.05) is 6.92 Å². The summed E-state index contributed by atoms with van der Waals surface area (Å²) in [5.41, 5.74) is 1.84. The molecule has 0 aliphatic heterocycles. The Balaban J connectivity index is 1.95. The van der Waals surface area contributed by atoms with Crippen molar-refractivity contribution < 1.29 is 18.0 Å². The Morgan fingerprint density at radius 1 is 0.909 bits per heavy atom. The van der Waals surface area contributed by atoms with E-state index in [4.69, 9.17) is 23.2 Å². The van der Waals surface area contributed by atoms with Gasteiger partial charge >= 0.3 is 0 Å². The van der Waals surface area contributed by atoms with Crippen LogP contribution in [0.15, 0.2) is 71.6 Å². The first-order chi connectivity index (χ1) is 15.6. The molecule has 0 bridgehead atoms. The van der Waals surface area contributed by atoms with Gasteiger partial charge in [0.25, 0.3) is 10.0 Å². The summed E-state index contributed by atoms with van der Waals surface area (Å²) in [6.45, 7) is 2.65. The van der Waals surface area contributed by atoms with Gasteiger partial charge in [0.05, 0.1) is 20.6 Å². The second kappa shape index (κ2) is 10.2. The second-order valence-electron chi connectivity index (χ2n) is 7.21. The number of hydrogen-bond donors (Lipinski definition) is 2. The van der Waals surface area contributed by atoms with Gasteiger partial charge in [-0.1, -0.05) is 53.0 Å². The largest absolute Gasteiger partial charge is 0.326 e. The molecular weight excluding hydrogens is 485 g/mol. The van der Waals surface area contributed by atoms with E-state index in [2.05, 4.69) is 10.6 Å². The van der Waals surface area contributed by atoms with Gasteiger partial charge in [-0.2, -0.15) is 0 Å². The molecule has 10 heteroatoms. The number of carbonyl (C=O) groups is 2. The van der Waals surface area contributed by atoms with E-state index in [0.717, 1.165) is 9.87 Å². The molecule has 0 saturated heterocycles. The van der Waals surface area contributed by atoms with Crippen molar-refractivity contribution in [1.82, 2.24) is 0 Å². The van der Waals surface area contributed by atoms with Crippen molar-refractivity contribution in [3.63, 3.8) is 0 Å². The highest BCUT2D eigenvalue weighted by Gasteiger charge is 2.29. The van der Waals surface area contributed by atoms with E-state index in [9.17, 15) is 18.0 Å². The van der Waals surface area contributed by atoms with E-state index in [0.29, 0.717) is 11.4 Å². The molecule has 0 atom stereocenters. The lowest BCUT2D eigenvalue weighted by Crippen LogP contribution is -2.38. The van der Waals surface area contributed by atoms with Gasteiger partial charge in [-0.25, -0.2) is 8.42 Å². The molecule has 2 amide bonds. The van der Waals surface area contributed by atoms with Crippen LogP contribution >= 0.6 is 23.2 Å². The maximum absolute atomic E-state index is 13.5. The second-order valence-corrected chi connectivity index (χ2v) is 9.86. The van der Waals surface area contributed by atoms with Crippen molar-refractivity contribution in [2.24, 2.45) is 0 Å². The number of sulfonamides is 1. The monoisotopic (exact) mass is 505 g/mol. The molecule has 0 aromatic heterocycles. The van der Waals surface area contributed by atoms with E-state index >= 15 is 0 Å². The van der Waals surface area contributed by atoms with E-state index < -0.39 is 22.5 Å². The van der Waals surface area contributed by atoms with Crippen molar-refractivity contribution in [2.45, 2.75) is 18.7 Å². The number of halogens is 2. The van der Waals surface area contributed by atoms with E-state index in [1.165, 1.54) is 31.2 Å². The fraction of sp³-hybridized carbons (Fsp3) is 0.130. The first-order valence-electron chi connectivity index (χ1n) is 9.79.